The normalized spacial score (nSPS) is 17.5. The Morgan fingerprint density at radius 2 is 2.08 bits per heavy atom. The van der Waals surface area contributed by atoms with Crippen molar-refractivity contribution in [1.29, 1.82) is 0 Å². The lowest BCUT2D eigenvalue weighted by Gasteiger charge is -2.31. The molecule has 0 aliphatic carbocycles. The summed E-state index contributed by atoms with van der Waals surface area (Å²) < 4.78 is 1.80. The highest BCUT2D eigenvalue weighted by Gasteiger charge is 2.27. The minimum atomic E-state index is -0.153. The first-order chi connectivity index (χ1) is 11.6. The number of likely N-dealkylation sites (tertiary alicyclic amines) is 1. The van der Waals surface area contributed by atoms with Crippen molar-refractivity contribution in [2.75, 3.05) is 18.4 Å². The van der Waals surface area contributed by atoms with Gasteiger partial charge in [0.25, 0.3) is 0 Å². The summed E-state index contributed by atoms with van der Waals surface area (Å²) >= 11 is 0. The van der Waals surface area contributed by atoms with Crippen LogP contribution >= 0.6 is 0 Å². The Balaban J connectivity index is 1.58. The molecule has 1 aromatic carbocycles. The number of rotatable bonds is 4. The maximum absolute atomic E-state index is 12.4. The zero-order valence-electron chi connectivity index (χ0n) is 13.8. The van der Waals surface area contributed by atoms with Crippen molar-refractivity contribution in [3.63, 3.8) is 0 Å². The van der Waals surface area contributed by atoms with Crippen molar-refractivity contribution in [1.82, 2.24) is 14.7 Å². The van der Waals surface area contributed by atoms with E-state index in [0.29, 0.717) is 18.8 Å². The number of hydrogen-bond acceptors (Lipinski definition) is 3. The molecule has 2 amide bonds. The van der Waals surface area contributed by atoms with E-state index in [2.05, 4.69) is 10.4 Å². The number of nitrogens with one attached hydrogen (secondary N) is 1. The molecule has 24 heavy (non-hydrogen) atoms. The number of anilines is 1. The summed E-state index contributed by atoms with van der Waals surface area (Å²) in [7, 11) is 0. The average molecular weight is 326 g/mol. The second-order valence-corrected chi connectivity index (χ2v) is 6.21. The van der Waals surface area contributed by atoms with Crippen LogP contribution in [0.15, 0.2) is 42.7 Å². The molecule has 1 fully saturated rings. The molecule has 1 saturated heterocycles. The first kappa shape index (κ1) is 16.2. The first-order valence-electron chi connectivity index (χ1n) is 8.24. The molecule has 0 spiro atoms. The topological polar surface area (TPSA) is 67.2 Å². The Morgan fingerprint density at radius 1 is 1.29 bits per heavy atom. The van der Waals surface area contributed by atoms with Crippen LogP contribution < -0.4 is 5.32 Å². The third-order valence-corrected chi connectivity index (χ3v) is 4.33. The van der Waals surface area contributed by atoms with Crippen LogP contribution in [0.25, 0.3) is 0 Å². The summed E-state index contributed by atoms with van der Waals surface area (Å²) in [4.78, 5) is 25.6. The molecule has 126 valence electrons. The van der Waals surface area contributed by atoms with E-state index < -0.39 is 0 Å². The van der Waals surface area contributed by atoms with Gasteiger partial charge in [0.05, 0.1) is 24.3 Å². The van der Waals surface area contributed by atoms with Crippen molar-refractivity contribution in [2.24, 2.45) is 5.92 Å². The van der Waals surface area contributed by atoms with E-state index in [4.69, 9.17) is 0 Å². The molecule has 6 heteroatoms. The number of amides is 2. The summed E-state index contributed by atoms with van der Waals surface area (Å²) in [6, 6.07) is 10.0. The molecule has 2 heterocycles. The number of aromatic nitrogens is 2. The highest BCUT2D eigenvalue weighted by atomic mass is 16.2. The van der Waals surface area contributed by atoms with Gasteiger partial charge in [0.1, 0.15) is 0 Å². The molecular weight excluding hydrogens is 304 g/mol. The van der Waals surface area contributed by atoms with Crippen LogP contribution in [0.1, 0.15) is 25.3 Å². The van der Waals surface area contributed by atoms with Crippen molar-refractivity contribution in [2.45, 2.75) is 26.3 Å². The monoisotopic (exact) mass is 326 g/mol. The predicted octanol–water partition coefficient (Wildman–Crippen LogP) is 2.13. The second-order valence-electron chi connectivity index (χ2n) is 6.21. The quantitative estimate of drug-likeness (QED) is 0.936. The van der Waals surface area contributed by atoms with Crippen molar-refractivity contribution < 1.29 is 9.59 Å². The maximum atomic E-state index is 12.4. The van der Waals surface area contributed by atoms with Gasteiger partial charge in [-0.25, -0.2) is 0 Å². The van der Waals surface area contributed by atoms with E-state index in [-0.39, 0.29) is 17.7 Å². The molecule has 6 nitrogen and oxygen atoms in total. The molecule has 0 bridgehead atoms. The van der Waals surface area contributed by atoms with Gasteiger partial charge < -0.3 is 10.2 Å². The highest BCUT2D eigenvalue weighted by molar-refractivity contribution is 5.92. The van der Waals surface area contributed by atoms with Crippen LogP contribution in [0.5, 0.6) is 0 Å². The van der Waals surface area contributed by atoms with E-state index in [0.717, 1.165) is 24.9 Å². The number of nitrogens with zero attached hydrogens (tertiary/aromatic N) is 3. The fraction of sp³-hybridized carbons (Fsp3) is 0.389. The zero-order valence-corrected chi connectivity index (χ0v) is 13.8. The zero-order chi connectivity index (χ0) is 16.9. The van der Waals surface area contributed by atoms with Crippen LogP contribution in [-0.4, -0.2) is 39.6 Å². The van der Waals surface area contributed by atoms with E-state index in [1.807, 2.05) is 36.5 Å². The molecule has 1 aromatic heterocycles. The largest absolute Gasteiger partial charge is 0.342 e. The van der Waals surface area contributed by atoms with E-state index in [9.17, 15) is 9.59 Å². The fourth-order valence-electron chi connectivity index (χ4n) is 3.01. The minimum absolute atomic E-state index is 0.0307. The lowest BCUT2D eigenvalue weighted by molar-refractivity contribution is -0.132. The van der Waals surface area contributed by atoms with Gasteiger partial charge in [-0.05, 0) is 18.4 Å². The maximum Gasteiger partial charge on any atom is 0.229 e. The SMILES string of the molecule is CC(=O)N1CCC[C@@H](C(=O)Nc2cnn(Cc3ccccc3)c2)C1. The van der Waals surface area contributed by atoms with Crippen molar-refractivity contribution in [3.05, 3.63) is 48.3 Å². The summed E-state index contributed by atoms with van der Waals surface area (Å²) in [5.74, 6) is -0.163. The third-order valence-electron chi connectivity index (χ3n) is 4.33. The first-order valence-corrected chi connectivity index (χ1v) is 8.24. The Morgan fingerprint density at radius 3 is 2.83 bits per heavy atom. The molecule has 0 saturated carbocycles. The number of piperidine rings is 1. The van der Waals surface area contributed by atoms with E-state index in [1.165, 1.54) is 0 Å². The molecule has 0 unspecified atom stereocenters. The summed E-state index contributed by atoms with van der Waals surface area (Å²) in [5.41, 5.74) is 1.85. The molecule has 1 aliphatic heterocycles. The van der Waals surface area contributed by atoms with Crippen LogP contribution in [0.4, 0.5) is 5.69 Å². The van der Waals surface area contributed by atoms with E-state index in [1.54, 1.807) is 22.7 Å². The average Bonchev–Trinajstić information content (AvgIpc) is 3.02. The smallest absolute Gasteiger partial charge is 0.229 e. The predicted molar refractivity (Wildman–Crippen MR) is 91.4 cm³/mol. The van der Waals surface area contributed by atoms with E-state index >= 15 is 0 Å². The van der Waals surface area contributed by atoms with Crippen molar-refractivity contribution >= 4 is 17.5 Å². The van der Waals surface area contributed by atoms with Gasteiger partial charge in [0.15, 0.2) is 0 Å². The number of hydrogen-bond donors (Lipinski definition) is 1. The Hall–Kier alpha value is -2.63. The van der Waals surface area contributed by atoms with Crippen LogP contribution in [0.3, 0.4) is 0 Å². The van der Waals surface area contributed by atoms with Crippen LogP contribution in [-0.2, 0) is 16.1 Å². The van der Waals surface area contributed by atoms with Gasteiger partial charge in [-0.1, -0.05) is 30.3 Å². The molecule has 1 aliphatic rings. The Labute approximate surface area is 141 Å². The summed E-state index contributed by atoms with van der Waals surface area (Å²) in [5, 5.41) is 7.21. The van der Waals surface area contributed by atoms with Gasteiger partial charge >= 0.3 is 0 Å². The number of benzene rings is 1. The molecule has 1 N–H and O–H groups in total. The van der Waals surface area contributed by atoms with Gasteiger partial charge in [-0.3, -0.25) is 14.3 Å². The van der Waals surface area contributed by atoms with Gasteiger partial charge in [0.2, 0.25) is 11.8 Å². The second kappa shape index (κ2) is 7.29. The standard InChI is InChI=1S/C18H22N4O2/c1-14(23)21-9-5-8-16(12-21)18(24)20-17-10-19-22(13-17)11-15-6-3-2-4-7-15/h2-4,6-7,10,13,16H,5,8-9,11-12H2,1H3,(H,20,24)/t16-/m1/s1. The lowest BCUT2D eigenvalue weighted by atomic mass is 9.97. The highest BCUT2D eigenvalue weighted by Crippen LogP contribution is 2.19. The van der Waals surface area contributed by atoms with Gasteiger partial charge in [-0.15, -0.1) is 0 Å². The minimum Gasteiger partial charge on any atom is -0.342 e. The third kappa shape index (κ3) is 4.01. The van der Waals surface area contributed by atoms with Crippen molar-refractivity contribution in [3.8, 4) is 0 Å². The molecule has 1 atom stereocenters. The van der Waals surface area contributed by atoms with Crippen LogP contribution in [0, 0.1) is 5.92 Å². The Kier molecular flexibility index (Phi) is 4.93. The molecule has 0 radical (unpaired) electrons. The molecule has 3 rings (SSSR count). The molecular formula is C18H22N4O2. The number of carbonyl (C=O) groups excluding carboxylic acids is 2. The van der Waals surface area contributed by atoms with Gasteiger partial charge in [-0.2, -0.15) is 5.10 Å². The summed E-state index contributed by atoms with van der Waals surface area (Å²) in [6.45, 7) is 3.46. The Bertz CT molecular complexity index is 711. The van der Waals surface area contributed by atoms with Gasteiger partial charge in [0, 0.05) is 26.2 Å². The molecule has 2 aromatic rings. The number of carbonyl (C=O) groups is 2. The fourth-order valence-corrected chi connectivity index (χ4v) is 3.01. The summed E-state index contributed by atoms with van der Waals surface area (Å²) in [6.07, 6.45) is 5.17. The lowest BCUT2D eigenvalue weighted by Crippen LogP contribution is -2.42. The van der Waals surface area contributed by atoms with Crippen LogP contribution in [0.2, 0.25) is 0 Å².